The monoisotopic (exact) mass is 425 g/mol. The van der Waals surface area contributed by atoms with E-state index in [4.69, 9.17) is 34.0 Å². The van der Waals surface area contributed by atoms with Crippen molar-refractivity contribution in [3.63, 3.8) is 0 Å². The van der Waals surface area contributed by atoms with E-state index in [1.807, 2.05) is 24.9 Å². The topological polar surface area (TPSA) is 100 Å². The highest BCUT2D eigenvalue weighted by atomic mass is 35.5. The summed E-state index contributed by atoms with van der Waals surface area (Å²) in [6.45, 7) is 7.34. The molecule has 0 unspecified atom stereocenters. The maximum absolute atomic E-state index is 11.8. The molecule has 2 aromatic heterocycles. The molecule has 9 heteroatoms. The Morgan fingerprint density at radius 2 is 1.96 bits per heavy atom. The Kier molecular flexibility index (Phi) is 7.35. The number of halogens is 2. The average Bonchev–Trinajstić information content (AvgIpc) is 3.34. The van der Waals surface area contributed by atoms with Gasteiger partial charge in [0.1, 0.15) is 0 Å². The van der Waals surface area contributed by atoms with Crippen LogP contribution in [-0.4, -0.2) is 44.3 Å². The fraction of sp³-hybridized carbons (Fsp3) is 0.368. The first-order chi connectivity index (χ1) is 13.5. The summed E-state index contributed by atoms with van der Waals surface area (Å²) in [5.41, 5.74) is 10.5. The van der Waals surface area contributed by atoms with E-state index in [9.17, 15) is 4.79 Å². The molecule has 3 aromatic rings. The molecular weight excluding hydrogens is 401 g/mol. The number of benzene rings is 1. The normalized spacial score (nSPS) is 12.6. The van der Waals surface area contributed by atoms with Crippen molar-refractivity contribution in [3.8, 4) is 11.1 Å². The van der Waals surface area contributed by atoms with Crippen LogP contribution >= 0.6 is 23.2 Å². The molecule has 7 nitrogen and oxygen atoms in total. The van der Waals surface area contributed by atoms with Gasteiger partial charge in [0, 0.05) is 61.2 Å². The Labute approximate surface area is 174 Å². The number of nitrogens with two attached hydrogens (primary N) is 1. The van der Waals surface area contributed by atoms with Gasteiger partial charge in [-0.05, 0) is 6.07 Å². The summed E-state index contributed by atoms with van der Waals surface area (Å²) in [5, 5.41) is 15.6. The van der Waals surface area contributed by atoms with Crippen LogP contribution in [0.25, 0.3) is 22.0 Å². The largest absolute Gasteiger partial charge is 0.400 e. The number of hydrogen-bond acceptors (Lipinski definition) is 4. The number of fused-ring (bicyclic) bond motifs is 3. The zero-order chi connectivity index (χ0) is 21.0. The Hall–Kier alpha value is -2.22. The van der Waals surface area contributed by atoms with Gasteiger partial charge in [-0.1, -0.05) is 37.0 Å². The number of nitrogen functional groups attached to an aromatic ring is 1. The number of aliphatic hydroxyl groups excluding tert-OH is 1. The molecule has 3 heterocycles. The lowest BCUT2D eigenvalue weighted by molar-refractivity contribution is -0.130. The Bertz CT molecular complexity index is 967. The first-order valence-electron chi connectivity index (χ1n) is 8.97. The number of nitrogens with one attached hydrogen (secondary N) is 1. The number of carbonyl (C=O) groups is 1. The molecule has 1 amide bonds. The van der Waals surface area contributed by atoms with Gasteiger partial charge >= 0.3 is 0 Å². The molecule has 1 aromatic carbocycles. The third-order valence-corrected chi connectivity index (χ3v) is 5.30. The van der Waals surface area contributed by atoms with Crippen molar-refractivity contribution >= 4 is 45.7 Å². The fourth-order valence-electron chi connectivity index (χ4n) is 3.42. The molecule has 0 saturated carbocycles. The van der Waals surface area contributed by atoms with Crippen molar-refractivity contribution in [2.45, 2.75) is 33.9 Å². The molecule has 1 aliphatic heterocycles. The number of H-pyrrole nitrogens is 1. The van der Waals surface area contributed by atoms with Gasteiger partial charge in [-0.15, -0.1) is 0 Å². The van der Waals surface area contributed by atoms with Crippen molar-refractivity contribution in [2.24, 2.45) is 0 Å². The molecule has 152 valence electrons. The number of nitrogens with zero attached hydrogens (tertiary/aromatic N) is 3. The summed E-state index contributed by atoms with van der Waals surface area (Å²) in [6, 6.07) is 1.67. The van der Waals surface area contributed by atoms with E-state index in [0.717, 1.165) is 34.8 Å². The second-order valence-corrected chi connectivity index (χ2v) is 6.67. The molecule has 0 atom stereocenters. The summed E-state index contributed by atoms with van der Waals surface area (Å²) in [6.07, 6.45) is 3.55. The first kappa shape index (κ1) is 22.1. The third kappa shape index (κ3) is 3.70. The number of aromatic amines is 1. The molecule has 1 aliphatic rings. The van der Waals surface area contributed by atoms with E-state index in [1.54, 1.807) is 19.2 Å². The van der Waals surface area contributed by atoms with Gasteiger partial charge < -0.3 is 20.3 Å². The number of amides is 1. The van der Waals surface area contributed by atoms with E-state index >= 15 is 0 Å². The van der Waals surface area contributed by atoms with Crippen molar-refractivity contribution in [1.82, 2.24) is 19.7 Å². The number of anilines is 1. The first-order valence-corrected chi connectivity index (χ1v) is 9.72. The summed E-state index contributed by atoms with van der Waals surface area (Å²) >= 11 is 12.7. The lowest BCUT2D eigenvalue weighted by atomic mass is 10.0. The minimum Gasteiger partial charge on any atom is -0.400 e. The van der Waals surface area contributed by atoms with Crippen LogP contribution in [-0.2, 0) is 17.9 Å². The molecule has 0 saturated heterocycles. The lowest BCUT2D eigenvalue weighted by Gasteiger charge is -2.29. The molecule has 0 fully saturated rings. The third-order valence-electron chi connectivity index (χ3n) is 4.53. The van der Waals surface area contributed by atoms with Gasteiger partial charge in [0.05, 0.1) is 28.3 Å². The van der Waals surface area contributed by atoms with Crippen LogP contribution in [0.4, 0.5) is 5.69 Å². The van der Waals surface area contributed by atoms with Crippen molar-refractivity contribution in [2.75, 3.05) is 19.4 Å². The maximum Gasteiger partial charge on any atom is 0.219 e. The maximum atomic E-state index is 11.8. The zero-order valence-electron chi connectivity index (χ0n) is 16.4. The van der Waals surface area contributed by atoms with E-state index in [0.29, 0.717) is 35.4 Å². The summed E-state index contributed by atoms with van der Waals surface area (Å²) in [5.74, 6) is 0.0433. The SMILES string of the molecule is CC.CC(=O)N1CCn2c(c(-c3cn[nH]c3)c3c(N)cc(Cl)c(Cl)c32)C1.CO. The number of hydrogen-bond donors (Lipinski definition) is 3. The minimum absolute atomic E-state index is 0.0433. The quantitative estimate of drug-likeness (QED) is 0.514. The van der Waals surface area contributed by atoms with Crippen molar-refractivity contribution in [3.05, 3.63) is 34.2 Å². The number of carbonyl (C=O) groups excluding carboxylic acids is 1. The zero-order valence-corrected chi connectivity index (χ0v) is 17.9. The molecule has 0 bridgehead atoms. The van der Waals surface area contributed by atoms with E-state index in [1.165, 1.54) is 0 Å². The molecular formula is C19H25Cl2N5O2. The summed E-state index contributed by atoms with van der Waals surface area (Å²) in [7, 11) is 1.00. The second-order valence-electron chi connectivity index (χ2n) is 5.89. The van der Waals surface area contributed by atoms with E-state index in [2.05, 4.69) is 14.8 Å². The van der Waals surface area contributed by atoms with Gasteiger partial charge in [0.2, 0.25) is 5.91 Å². The number of aromatic nitrogens is 3. The highest BCUT2D eigenvalue weighted by molar-refractivity contribution is 6.46. The van der Waals surface area contributed by atoms with Crippen LogP contribution in [0.3, 0.4) is 0 Å². The summed E-state index contributed by atoms with van der Waals surface area (Å²) in [4.78, 5) is 13.6. The molecule has 0 aliphatic carbocycles. The summed E-state index contributed by atoms with van der Waals surface area (Å²) < 4.78 is 2.11. The van der Waals surface area contributed by atoms with Crippen LogP contribution in [0, 0.1) is 0 Å². The average molecular weight is 426 g/mol. The Morgan fingerprint density at radius 3 is 2.54 bits per heavy atom. The number of rotatable bonds is 1. The van der Waals surface area contributed by atoms with Crippen LogP contribution < -0.4 is 5.73 Å². The standard InChI is InChI=1S/C16H15Cl2N5O.C2H6.CH4O/c1-8(24)22-2-3-23-12(7-22)13(9-5-20-21-6-9)14-11(19)4-10(17)15(18)16(14)23;2*1-2/h4-6H,2-3,7,19H2,1H3,(H,20,21);1-2H3;2H,1H3. The van der Waals surface area contributed by atoms with Crippen LogP contribution in [0.1, 0.15) is 26.5 Å². The van der Waals surface area contributed by atoms with Crippen LogP contribution in [0.5, 0.6) is 0 Å². The van der Waals surface area contributed by atoms with Crippen molar-refractivity contribution in [1.29, 1.82) is 0 Å². The second kappa shape index (κ2) is 9.32. The molecule has 0 spiro atoms. The predicted molar refractivity (Wildman–Crippen MR) is 115 cm³/mol. The lowest BCUT2D eigenvalue weighted by Crippen LogP contribution is -2.36. The van der Waals surface area contributed by atoms with Gasteiger partial charge in [-0.25, -0.2) is 0 Å². The van der Waals surface area contributed by atoms with E-state index < -0.39 is 0 Å². The minimum atomic E-state index is 0.0433. The molecule has 4 rings (SSSR count). The highest BCUT2D eigenvalue weighted by Gasteiger charge is 2.29. The molecule has 4 N–H and O–H groups in total. The molecule has 0 radical (unpaired) electrons. The highest BCUT2D eigenvalue weighted by Crippen LogP contribution is 2.45. The van der Waals surface area contributed by atoms with Crippen molar-refractivity contribution < 1.29 is 9.90 Å². The molecule has 28 heavy (non-hydrogen) atoms. The Balaban J connectivity index is 0.000000660. The van der Waals surface area contributed by atoms with Gasteiger partial charge in [-0.3, -0.25) is 9.89 Å². The number of aliphatic hydroxyl groups is 1. The van der Waals surface area contributed by atoms with E-state index in [-0.39, 0.29) is 5.91 Å². The Morgan fingerprint density at radius 1 is 1.29 bits per heavy atom. The van der Waals surface area contributed by atoms with Crippen LogP contribution in [0.2, 0.25) is 10.0 Å². The van der Waals surface area contributed by atoms with Gasteiger partial charge in [0.25, 0.3) is 0 Å². The van der Waals surface area contributed by atoms with Gasteiger partial charge in [0.15, 0.2) is 0 Å². The smallest absolute Gasteiger partial charge is 0.219 e. The van der Waals surface area contributed by atoms with Crippen LogP contribution in [0.15, 0.2) is 18.5 Å². The predicted octanol–water partition coefficient (Wildman–Crippen LogP) is 3.92. The van der Waals surface area contributed by atoms with Gasteiger partial charge in [-0.2, -0.15) is 5.10 Å². The fourth-order valence-corrected chi connectivity index (χ4v) is 3.88.